The molecule has 0 aliphatic carbocycles. The minimum absolute atomic E-state index is 0.0624. The number of benzene rings is 2. The Morgan fingerprint density at radius 2 is 1.30 bits per heavy atom. The molecular formula is C26H32O11. The van der Waals surface area contributed by atoms with Crippen molar-refractivity contribution in [3.8, 4) is 23.0 Å². The summed E-state index contributed by atoms with van der Waals surface area (Å²) in [7, 11) is 0. The fourth-order valence-electron chi connectivity index (χ4n) is 4.91. The number of aliphatic hydroxyl groups excluding tert-OH is 5. The number of hydrogen-bond acceptors (Lipinski definition) is 11. The molecule has 0 saturated carbocycles. The predicted octanol–water partition coefficient (Wildman–Crippen LogP) is -0.0296. The maximum absolute atomic E-state index is 10.4. The molecule has 0 bridgehead atoms. The Hall–Kier alpha value is -2.64. The van der Waals surface area contributed by atoms with Crippen molar-refractivity contribution in [2.75, 3.05) is 33.4 Å². The van der Waals surface area contributed by atoms with Crippen LogP contribution in [0.1, 0.15) is 11.1 Å². The topological polar surface area (TPSA) is 157 Å². The van der Waals surface area contributed by atoms with Crippen LogP contribution in [0, 0.1) is 11.8 Å². The van der Waals surface area contributed by atoms with Crippen LogP contribution >= 0.6 is 0 Å². The molecule has 0 spiro atoms. The van der Waals surface area contributed by atoms with Gasteiger partial charge in [-0.2, -0.15) is 0 Å². The first-order valence-corrected chi connectivity index (χ1v) is 12.3. The first-order valence-electron chi connectivity index (χ1n) is 12.3. The minimum Gasteiger partial charge on any atom is -0.454 e. The maximum atomic E-state index is 10.4. The molecule has 2 aromatic rings. The molecule has 1 fully saturated rings. The van der Waals surface area contributed by atoms with Gasteiger partial charge in [-0.15, -0.1) is 0 Å². The third kappa shape index (κ3) is 5.63. The zero-order valence-electron chi connectivity index (χ0n) is 20.1. The van der Waals surface area contributed by atoms with E-state index in [1.165, 1.54) is 0 Å². The summed E-state index contributed by atoms with van der Waals surface area (Å²) < 4.78 is 33.2. The summed E-state index contributed by atoms with van der Waals surface area (Å²) in [6, 6.07) is 11.3. The second-order valence-corrected chi connectivity index (χ2v) is 9.52. The van der Waals surface area contributed by atoms with Crippen LogP contribution in [0.2, 0.25) is 0 Å². The first kappa shape index (κ1) is 26.0. The molecule has 2 aromatic carbocycles. The molecular weight excluding hydrogens is 488 g/mol. The molecule has 1 saturated heterocycles. The molecule has 11 heteroatoms. The molecule has 3 aliphatic rings. The highest BCUT2D eigenvalue weighted by Gasteiger charge is 2.44. The van der Waals surface area contributed by atoms with Crippen molar-refractivity contribution < 1.29 is 54.0 Å². The zero-order valence-corrected chi connectivity index (χ0v) is 20.1. The van der Waals surface area contributed by atoms with Gasteiger partial charge in [0.1, 0.15) is 24.4 Å². The molecule has 5 N–H and O–H groups in total. The molecule has 3 heterocycles. The van der Waals surface area contributed by atoms with Gasteiger partial charge in [0.05, 0.1) is 13.2 Å². The van der Waals surface area contributed by atoms with Crippen molar-refractivity contribution in [2.24, 2.45) is 11.8 Å². The Labute approximate surface area is 213 Å². The van der Waals surface area contributed by atoms with Crippen molar-refractivity contribution >= 4 is 0 Å². The van der Waals surface area contributed by atoms with E-state index in [0.717, 1.165) is 11.1 Å². The molecule has 202 valence electrons. The van der Waals surface area contributed by atoms with Gasteiger partial charge in [-0.25, -0.2) is 0 Å². The number of ether oxygens (including phenoxy) is 6. The number of fused-ring (bicyclic) bond motifs is 2. The first-order chi connectivity index (χ1) is 18.0. The average Bonchev–Trinajstić information content (AvgIpc) is 3.58. The highest BCUT2D eigenvalue weighted by molar-refractivity contribution is 5.45. The van der Waals surface area contributed by atoms with Crippen LogP contribution in [0.4, 0.5) is 0 Å². The van der Waals surface area contributed by atoms with E-state index in [1.54, 1.807) is 0 Å². The maximum Gasteiger partial charge on any atom is 0.231 e. The lowest BCUT2D eigenvalue weighted by atomic mass is 9.83. The SMILES string of the molecule is OC[C@H](Cc1ccc2c(c1)OCO2)[C@H](CO[C@@H]1O[C@H](CO)[C@@H](O)[C@H](O)[C@H]1O)Cc1ccc2c(c1)OCO2. The Balaban J connectivity index is 1.34. The lowest BCUT2D eigenvalue weighted by Crippen LogP contribution is -2.59. The van der Waals surface area contributed by atoms with Gasteiger partial charge in [0.2, 0.25) is 13.6 Å². The molecule has 3 aliphatic heterocycles. The Morgan fingerprint density at radius 1 is 0.730 bits per heavy atom. The van der Waals surface area contributed by atoms with E-state index >= 15 is 0 Å². The van der Waals surface area contributed by atoms with E-state index in [0.29, 0.717) is 35.8 Å². The molecule has 11 nitrogen and oxygen atoms in total. The third-order valence-electron chi connectivity index (χ3n) is 7.09. The molecule has 7 atom stereocenters. The Bertz CT molecular complexity index is 1060. The van der Waals surface area contributed by atoms with E-state index in [2.05, 4.69) is 0 Å². The van der Waals surface area contributed by atoms with Crippen molar-refractivity contribution in [3.63, 3.8) is 0 Å². The quantitative estimate of drug-likeness (QED) is 0.287. The standard InChI is InChI=1S/C26H32O11/c27-9-16(5-14-1-3-18-20(7-14)35-12-33-18)17(6-15-2-4-19-21(8-15)36-13-34-19)11-32-26-25(31)24(30)23(29)22(10-28)37-26/h1-4,7-8,16-17,22-31H,5-6,9-13H2/t16-,17-,22+,23+,24-,25+,26+/m0/s1. The summed E-state index contributed by atoms with van der Waals surface area (Å²) in [5.74, 6) is 2.13. The highest BCUT2D eigenvalue weighted by Crippen LogP contribution is 2.36. The van der Waals surface area contributed by atoms with Gasteiger partial charge in [0, 0.05) is 6.61 Å². The summed E-state index contributed by atoms with van der Waals surface area (Å²) in [5.41, 5.74) is 1.89. The summed E-state index contributed by atoms with van der Waals surface area (Å²) in [6.07, 6.45) is -5.83. The van der Waals surface area contributed by atoms with Gasteiger partial charge >= 0.3 is 0 Å². The summed E-state index contributed by atoms with van der Waals surface area (Å²) >= 11 is 0. The fourth-order valence-corrected chi connectivity index (χ4v) is 4.91. The van der Waals surface area contributed by atoms with Gasteiger partial charge in [-0.3, -0.25) is 0 Å². The monoisotopic (exact) mass is 520 g/mol. The zero-order chi connectivity index (χ0) is 25.9. The number of aliphatic hydroxyl groups is 5. The van der Waals surface area contributed by atoms with Gasteiger partial charge < -0.3 is 54.0 Å². The van der Waals surface area contributed by atoms with Crippen LogP contribution in [0.15, 0.2) is 36.4 Å². The van der Waals surface area contributed by atoms with Gasteiger partial charge in [-0.1, -0.05) is 12.1 Å². The Kier molecular flexibility index (Phi) is 8.01. The van der Waals surface area contributed by atoms with E-state index in [1.807, 2.05) is 36.4 Å². The van der Waals surface area contributed by atoms with E-state index in [-0.39, 0.29) is 38.6 Å². The van der Waals surface area contributed by atoms with E-state index < -0.39 is 37.3 Å². The molecule has 0 unspecified atom stereocenters. The van der Waals surface area contributed by atoms with Gasteiger partial charge in [-0.05, 0) is 60.1 Å². The summed E-state index contributed by atoms with van der Waals surface area (Å²) in [5, 5.41) is 50.5. The lowest BCUT2D eigenvalue weighted by molar-refractivity contribution is -0.304. The van der Waals surface area contributed by atoms with Crippen LogP contribution in [-0.4, -0.2) is 89.6 Å². The smallest absolute Gasteiger partial charge is 0.231 e. The van der Waals surface area contributed by atoms with Crippen molar-refractivity contribution in [3.05, 3.63) is 47.5 Å². The number of hydrogen-bond donors (Lipinski definition) is 5. The fraction of sp³-hybridized carbons (Fsp3) is 0.538. The highest BCUT2D eigenvalue weighted by atomic mass is 16.7. The largest absolute Gasteiger partial charge is 0.454 e. The van der Waals surface area contributed by atoms with Gasteiger partial charge in [0.25, 0.3) is 0 Å². The Morgan fingerprint density at radius 3 is 1.86 bits per heavy atom. The van der Waals surface area contributed by atoms with Crippen molar-refractivity contribution in [2.45, 2.75) is 43.5 Å². The predicted molar refractivity (Wildman–Crippen MR) is 126 cm³/mol. The van der Waals surface area contributed by atoms with E-state index in [4.69, 9.17) is 28.4 Å². The second-order valence-electron chi connectivity index (χ2n) is 9.52. The average molecular weight is 521 g/mol. The van der Waals surface area contributed by atoms with Crippen molar-refractivity contribution in [1.82, 2.24) is 0 Å². The minimum atomic E-state index is -1.54. The summed E-state index contributed by atoms with van der Waals surface area (Å²) in [6.45, 7) is -0.295. The van der Waals surface area contributed by atoms with Crippen LogP contribution < -0.4 is 18.9 Å². The van der Waals surface area contributed by atoms with Crippen molar-refractivity contribution in [1.29, 1.82) is 0 Å². The van der Waals surface area contributed by atoms with Gasteiger partial charge in [0.15, 0.2) is 29.3 Å². The normalized spacial score (nSPS) is 27.8. The van der Waals surface area contributed by atoms with E-state index in [9.17, 15) is 25.5 Å². The van der Waals surface area contributed by atoms with Crippen LogP contribution in [0.5, 0.6) is 23.0 Å². The van der Waals surface area contributed by atoms with Crippen LogP contribution in [0.25, 0.3) is 0 Å². The third-order valence-corrected chi connectivity index (χ3v) is 7.09. The second kappa shape index (κ2) is 11.4. The van der Waals surface area contributed by atoms with Crippen LogP contribution in [-0.2, 0) is 22.3 Å². The molecule has 37 heavy (non-hydrogen) atoms. The summed E-state index contributed by atoms with van der Waals surface area (Å²) in [4.78, 5) is 0. The number of rotatable bonds is 10. The molecule has 0 amide bonds. The lowest BCUT2D eigenvalue weighted by Gasteiger charge is -2.40. The molecule has 5 rings (SSSR count). The molecule has 0 radical (unpaired) electrons. The van der Waals surface area contributed by atoms with Crippen LogP contribution in [0.3, 0.4) is 0 Å². The molecule has 0 aromatic heterocycles.